The van der Waals surface area contributed by atoms with Crippen LogP contribution in [0.3, 0.4) is 0 Å². The van der Waals surface area contributed by atoms with Gasteiger partial charge in [-0.2, -0.15) is 10.2 Å². The van der Waals surface area contributed by atoms with Gasteiger partial charge >= 0.3 is 5.69 Å². The summed E-state index contributed by atoms with van der Waals surface area (Å²) in [5, 5.41) is 11.3. The molecular formula is C35H37FN5O8P. The van der Waals surface area contributed by atoms with E-state index in [1.165, 1.54) is 19.2 Å². The van der Waals surface area contributed by atoms with Crippen molar-refractivity contribution < 1.29 is 37.2 Å². The van der Waals surface area contributed by atoms with Crippen molar-refractivity contribution in [2.45, 2.75) is 43.6 Å². The normalized spacial score (nSPS) is 19.4. The monoisotopic (exact) mass is 705 g/mol. The smallest absolute Gasteiger partial charge is 0.351 e. The van der Waals surface area contributed by atoms with Crippen LogP contribution in [-0.4, -0.2) is 61.3 Å². The average Bonchev–Trinajstić information content (AvgIpc) is 3.43. The minimum atomic E-state index is -2.15. The van der Waals surface area contributed by atoms with Crippen LogP contribution in [0.4, 0.5) is 10.2 Å². The highest BCUT2D eigenvalue weighted by atomic mass is 31.2. The summed E-state index contributed by atoms with van der Waals surface area (Å²) in [7, 11) is 0.996. The lowest BCUT2D eigenvalue weighted by Crippen LogP contribution is -2.40. The number of halogens is 1. The molecule has 1 unspecified atom stereocenters. The molecule has 13 nitrogen and oxygen atoms in total. The molecule has 1 saturated heterocycles. The number of hydrogen-bond acceptors (Lipinski definition) is 11. The zero-order chi connectivity index (χ0) is 35.7. The van der Waals surface area contributed by atoms with E-state index in [0.717, 1.165) is 21.3 Å². The third-order valence-electron chi connectivity index (χ3n) is 7.97. The zero-order valence-electron chi connectivity index (χ0n) is 27.6. The molecule has 1 aromatic heterocycles. The summed E-state index contributed by atoms with van der Waals surface area (Å²) in [6.45, 7) is 1.00. The summed E-state index contributed by atoms with van der Waals surface area (Å²) in [6, 6.07) is 27.6. The first-order valence-electron chi connectivity index (χ1n) is 15.6. The Morgan fingerprint density at radius 3 is 2.16 bits per heavy atom. The number of nitrogens with two attached hydrogens (primary N) is 1. The standard InChI is InChI=1S/C35H37FN5O8P/c1-23(42)39-30-18-20-41(34(43)40-30)33-31(36)32(49-50(38)47-21-7-19-37)29(48-33)22-46-35(24-8-5-4-6-9-24,25-10-14-27(44-2)15-11-25)26-12-16-28(45-3)17-13-26/h4-6,8-18,20,29,31-33H,7,21-22,38H2,1-3H3,(H,39,40,42,43)/t29-,31-,32-,33-,50?/m1/s1. The number of ether oxygens (including phenoxy) is 4. The summed E-state index contributed by atoms with van der Waals surface area (Å²) in [5.74, 6) is 0.849. The molecule has 262 valence electrons. The molecule has 0 saturated carbocycles. The Hall–Kier alpha value is -4.74. The molecule has 1 amide bonds. The molecule has 0 radical (unpaired) electrons. The van der Waals surface area contributed by atoms with Crippen LogP contribution >= 0.6 is 8.53 Å². The van der Waals surface area contributed by atoms with Crippen molar-refractivity contribution in [2.24, 2.45) is 5.50 Å². The van der Waals surface area contributed by atoms with E-state index in [4.69, 9.17) is 38.8 Å². The fourth-order valence-electron chi connectivity index (χ4n) is 5.65. The predicted octanol–water partition coefficient (Wildman–Crippen LogP) is 4.96. The number of nitrogens with one attached hydrogen (secondary N) is 1. The summed E-state index contributed by atoms with van der Waals surface area (Å²) in [6.07, 6.45) is -4.58. The second-order valence-electron chi connectivity index (χ2n) is 11.1. The molecule has 2 heterocycles. The first-order valence-corrected chi connectivity index (χ1v) is 16.8. The summed E-state index contributed by atoms with van der Waals surface area (Å²) < 4.78 is 52.7. The van der Waals surface area contributed by atoms with E-state index in [1.807, 2.05) is 84.9 Å². The number of aromatic nitrogens is 2. The largest absolute Gasteiger partial charge is 0.497 e. The van der Waals surface area contributed by atoms with E-state index in [2.05, 4.69) is 10.3 Å². The molecule has 1 fully saturated rings. The van der Waals surface area contributed by atoms with Gasteiger partial charge in [-0.3, -0.25) is 14.9 Å². The fraction of sp³-hybridized carbons (Fsp3) is 0.314. The Bertz CT molecular complexity index is 1780. The number of hydrogen-bond donors (Lipinski definition) is 2. The van der Waals surface area contributed by atoms with Crippen LogP contribution in [0.2, 0.25) is 0 Å². The van der Waals surface area contributed by atoms with Gasteiger partial charge in [0.2, 0.25) is 5.91 Å². The fourth-order valence-corrected chi connectivity index (χ4v) is 6.47. The number of nitrogens with zero attached hydrogens (tertiary/aromatic N) is 3. The lowest BCUT2D eigenvalue weighted by Gasteiger charge is -2.37. The lowest BCUT2D eigenvalue weighted by molar-refractivity contribution is -0.114. The van der Waals surface area contributed by atoms with Crippen molar-refractivity contribution in [1.29, 1.82) is 5.26 Å². The molecular weight excluding hydrogens is 668 g/mol. The van der Waals surface area contributed by atoms with Crippen molar-refractivity contribution >= 4 is 20.3 Å². The number of anilines is 1. The quantitative estimate of drug-likeness (QED) is 0.0974. The van der Waals surface area contributed by atoms with Crippen molar-refractivity contribution in [1.82, 2.24) is 9.55 Å². The number of carbonyl (C=O) groups is 1. The van der Waals surface area contributed by atoms with Crippen LogP contribution in [0.1, 0.15) is 36.3 Å². The van der Waals surface area contributed by atoms with E-state index in [9.17, 15) is 9.59 Å². The molecule has 0 aliphatic carbocycles. The first kappa shape index (κ1) is 36.5. The van der Waals surface area contributed by atoms with E-state index < -0.39 is 50.3 Å². The van der Waals surface area contributed by atoms with Crippen molar-refractivity contribution in [3.63, 3.8) is 0 Å². The van der Waals surface area contributed by atoms with Crippen LogP contribution in [0.15, 0.2) is 95.9 Å². The van der Waals surface area contributed by atoms with E-state index in [-0.39, 0.29) is 25.5 Å². The highest BCUT2D eigenvalue weighted by molar-refractivity contribution is 7.44. The molecule has 4 aromatic rings. The summed E-state index contributed by atoms with van der Waals surface area (Å²) in [5.41, 5.74) is 6.20. The van der Waals surface area contributed by atoms with Crippen LogP contribution in [0, 0.1) is 11.3 Å². The van der Waals surface area contributed by atoms with E-state index in [1.54, 1.807) is 14.2 Å². The number of nitriles is 1. The molecule has 5 rings (SSSR count). The van der Waals surface area contributed by atoms with Gasteiger partial charge in [-0.1, -0.05) is 54.6 Å². The van der Waals surface area contributed by atoms with Gasteiger partial charge in [-0.05, 0) is 47.0 Å². The lowest BCUT2D eigenvalue weighted by atomic mass is 9.80. The number of rotatable bonds is 15. The van der Waals surface area contributed by atoms with Crippen molar-refractivity contribution in [3.05, 3.63) is 118 Å². The van der Waals surface area contributed by atoms with Gasteiger partial charge in [-0.25, -0.2) is 9.18 Å². The van der Waals surface area contributed by atoms with Gasteiger partial charge in [0.05, 0.1) is 39.9 Å². The Balaban J connectivity index is 1.55. The first-order chi connectivity index (χ1) is 24.2. The minimum absolute atomic E-state index is 0.00263. The topological polar surface area (TPSA) is 169 Å². The van der Waals surface area contributed by atoms with Crippen molar-refractivity contribution in [3.8, 4) is 17.6 Å². The maximum atomic E-state index is 16.4. The van der Waals surface area contributed by atoms with E-state index in [0.29, 0.717) is 11.5 Å². The number of amides is 1. The molecule has 1 aliphatic heterocycles. The van der Waals surface area contributed by atoms with Gasteiger partial charge < -0.3 is 33.3 Å². The van der Waals surface area contributed by atoms with Crippen LogP contribution in [-0.2, 0) is 28.9 Å². The molecule has 50 heavy (non-hydrogen) atoms. The van der Waals surface area contributed by atoms with Gasteiger partial charge in [0.1, 0.15) is 35.1 Å². The molecule has 1 aliphatic rings. The Kier molecular flexibility index (Phi) is 12.3. The van der Waals surface area contributed by atoms with Gasteiger partial charge in [0.15, 0.2) is 12.4 Å². The second kappa shape index (κ2) is 16.8. The van der Waals surface area contributed by atoms with E-state index >= 15 is 4.39 Å². The average molecular weight is 706 g/mol. The molecule has 15 heteroatoms. The Morgan fingerprint density at radius 1 is 1.02 bits per heavy atom. The predicted molar refractivity (Wildman–Crippen MR) is 182 cm³/mol. The van der Waals surface area contributed by atoms with Crippen LogP contribution in [0.25, 0.3) is 0 Å². The Morgan fingerprint density at radius 2 is 1.62 bits per heavy atom. The molecule has 3 aromatic carbocycles. The number of methoxy groups -OCH3 is 2. The summed E-state index contributed by atoms with van der Waals surface area (Å²) in [4.78, 5) is 28.4. The van der Waals surface area contributed by atoms with Crippen molar-refractivity contribution in [2.75, 3.05) is 32.8 Å². The van der Waals surface area contributed by atoms with Crippen LogP contribution in [0.5, 0.6) is 11.5 Å². The third kappa shape index (κ3) is 8.17. The highest BCUT2D eigenvalue weighted by Gasteiger charge is 2.50. The highest BCUT2D eigenvalue weighted by Crippen LogP contribution is 2.45. The second-order valence-corrected chi connectivity index (χ2v) is 12.1. The summed E-state index contributed by atoms with van der Waals surface area (Å²) >= 11 is 0. The minimum Gasteiger partial charge on any atom is -0.497 e. The maximum Gasteiger partial charge on any atom is 0.351 e. The van der Waals surface area contributed by atoms with Gasteiger partial charge in [-0.15, -0.1) is 0 Å². The maximum absolute atomic E-state index is 16.4. The molecule has 3 N–H and O–H groups in total. The zero-order valence-corrected chi connectivity index (χ0v) is 28.5. The molecule has 5 atom stereocenters. The van der Waals surface area contributed by atoms with Crippen LogP contribution < -0.4 is 26.0 Å². The SMILES string of the molecule is COc1ccc(C(OC[C@H]2O[C@@H](n3ccc(NC(C)=O)nc3=O)[C@H](F)[C@@H]2OP(N)OCCC#N)(c2ccccc2)c2ccc(OC)cc2)cc1. The molecule has 0 spiro atoms. The molecule has 0 bridgehead atoms. The van der Waals surface area contributed by atoms with Gasteiger partial charge in [0, 0.05) is 13.1 Å². The third-order valence-corrected chi connectivity index (χ3v) is 8.86. The van der Waals surface area contributed by atoms with Gasteiger partial charge in [0.25, 0.3) is 8.53 Å². The number of alkyl halides is 1. The number of carbonyl (C=O) groups excluding carboxylic acids is 1. The Labute approximate surface area is 289 Å². The number of benzene rings is 3.